The molecule has 0 saturated carbocycles. The summed E-state index contributed by atoms with van der Waals surface area (Å²) in [6, 6.07) is 8.10. The van der Waals surface area contributed by atoms with Crippen LogP contribution >= 0.6 is 34.8 Å². The van der Waals surface area contributed by atoms with Gasteiger partial charge in [-0.2, -0.15) is 0 Å². The van der Waals surface area contributed by atoms with E-state index >= 15 is 0 Å². The Morgan fingerprint density at radius 1 is 1.00 bits per heavy atom. The highest BCUT2D eigenvalue weighted by molar-refractivity contribution is 6.43. The summed E-state index contributed by atoms with van der Waals surface area (Å²) in [6.07, 6.45) is 0. The van der Waals surface area contributed by atoms with Crippen LogP contribution in [-0.4, -0.2) is 5.97 Å². The van der Waals surface area contributed by atoms with Crippen LogP contribution in [0.4, 0.5) is 4.39 Å². The molecular formula is C13H6Cl3FO2. The topological polar surface area (TPSA) is 26.3 Å². The lowest BCUT2D eigenvalue weighted by Crippen LogP contribution is -2.10. The van der Waals surface area contributed by atoms with Gasteiger partial charge in [0.2, 0.25) is 0 Å². The van der Waals surface area contributed by atoms with Gasteiger partial charge < -0.3 is 4.74 Å². The van der Waals surface area contributed by atoms with Gasteiger partial charge in [0.1, 0.15) is 5.82 Å². The second kappa shape index (κ2) is 5.78. The fourth-order valence-electron chi connectivity index (χ4n) is 1.36. The average Bonchev–Trinajstić information content (AvgIpc) is 2.36. The van der Waals surface area contributed by atoms with E-state index in [1.807, 2.05) is 0 Å². The Kier molecular flexibility index (Phi) is 4.30. The quantitative estimate of drug-likeness (QED) is 0.442. The van der Waals surface area contributed by atoms with Crippen LogP contribution in [0.3, 0.4) is 0 Å². The first-order chi connectivity index (χ1) is 8.99. The number of hydrogen-bond acceptors (Lipinski definition) is 2. The zero-order valence-corrected chi connectivity index (χ0v) is 11.6. The van der Waals surface area contributed by atoms with Crippen LogP contribution in [0.25, 0.3) is 0 Å². The Morgan fingerprint density at radius 2 is 1.63 bits per heavy atom. The minimum absolute atomic E-state index is 0.0179. The number of ether oxygens (including phenoxy) is 1. The molecule has 0 N–H and O–H groups in total. The number of hydrogen-bond donors (Lipinski definition) is 0. The highest BCUT2D eigenvalue weighted by atomic mass is 35.5. The molecule has 0 aliphatic heterocycles. The molecule has 19 heavy (non-hydrogen) atoms. The Morgan fingerprint density at radius 3 is 2.32 bits per heavy atom. The number of carbonyl (C=O) groups is 1. The van der Waals surface area contributed by atoms with E-state index in [-0.39, 0.29) is 26.4 Å². The number of halogens is 4. The summed E-state index contributed by atoms with van der Waals surface area (Å²) in [5.41, 5.74) is -0.190. The largest absolute Gasteiger partial charge is 0.421 e. The second-order valence-corrected chi connectivity index (χ2v) is 4.79. The first kappa shape index (κ1) is 14.1. The molecule has 2 aromatic carbocycles. The molecule has 0 radical (unpaired) electrons. The van der Waals surface area contributed by atoms with E-state index in [0.717, 1.165) is 6.07 Å². The predicted molar refractivity (Wildman–Crippen MR) is 72.8 cm³/mol. The zero-order valence-electron chi connectivity index (χ0n) is 9.29. The zero-order chi connectivity index (χ0) is 14.0. The average molecular weight is 320 g/mol. The molecule has 2 nitrogen and oxygen atoms in total. The van der Waals surface area contributed by atoms with E-state index in [1.54, 1.807) is 0 Å². The maximum absolute atomic E-state index is 13.4. The molecular weight excluding hydrogens is 313 g/mol. The monoisotopic (exact) mass is 318 g/mol. The summed E-state index contributed by atoms with van der Waals surface area (Å²) >= 11 is 17.4. The molecule has 0 heterocycles. The molecule has 0 spiro atoms. The summed E-state index contributed by atoms with van der Waals surface area (Å²) in [7, 11) is 0. The second-order valence-electron chi connectivity index (χ2n) is 3.57. The summed E-state index contributed by atoms with van der Waals surface area (Å²) in [6.45, 7) is 0. The smallest absolute Gasteiger partial charge is 0.346 e. The molecule has 0 fully saturated rings. The van der Waals surface area contributed by atoms with Crippen LogP contribution in [0, 0.1) is 5.82 Å². The lowest BCUT2D eigenvalue weighted by Gasteiger charge is -2.08. The Labute approximate surface area is 123 Å². The summed E-state index contributed by atoms with van der Waals surface area (Å²) < 4.78 is 18.4. The van der Waals surface area contributed by atoms with Crippen molar-refractivity contribution in [2.24, 2.45) is 0 Å². The molecule has 0 aliphatic rings. The first-order valence-corrected chi connectivity index (χ1v) is 6.23. The highest BCUT2D eigenvalue weighted by Crippen LogP contribution is 2.34. The Bertz CT molecular complexity index is 644. The number of benzene rings is 2. The maximum Gasteiger partial charge on any atom is 0.346 e. The van der Waals surface area contributed by atoms with Crippen molar-refractivity contribution in [1.29, 1.82) is 0 Å². The maximum atomic E-state index is 13.4. The van der Waals surface area contributed by atoms with Crippen LogP contribution in [0.5, 0.6) is 5.75 Å². The van der Waals surface area contributed by atoms with Crippen molar-refractivity contribution >= 4 is 40.8 Å². The Hall–Kier alpha value is -1.29. The first-order valence-electron chi connectivity index (χ1n) is 5.10. The molecule has 98 valence electrons. The molecule has 0 unspecified atom stereocenters. The van der Waals surface area contributed by atoms with Crippen molar-refractivity contribution in [1.82, 2.24) is 0 Å². The Balaban J connectivity index is 2.30. The molecule has 0 amide bonds. The molecule has 2 aromatic rings. The van der Waals surface area contributed by atoms with Gasteiger partial charge in [0.05, 0.1) is 20.6 Å². The van der Waals surface area contributed by atoms with Gasteiger partial charge in [-0.15, -0.1) is 0 Å². The molecule has 6 heteroatoms. The van der Waals surface area contributed by atoms with Crippen molar-refractivity contribution < 1.29 is 13.9 Å². The molecule has 0 saturated heterocycles. The number of rotatable bonds is 2. The molecule has 0 bridgehead atoms. The molecule has 0 atom stereocenters. The van der Waals surface area contributed by atoms with Gasteiger partial charge in [-0.25, -0.2) is 9.18 Å². The molecule has 2 rings (SSSR count). The van der Waals surface area contributed by atoms with Crippen LogP contribution in [0.2, 0.25) is 15.1 Å². The van der Waals surface area contributed by atoms with E-state index in [0.29, 0.717) is 0 Å². The van der Waals surface area contributed by atoms with Gasteiger partial charge in [0, 0.05) is 6.07 Å². The minimum atomic E-state index is -0.863. The van der Waals surface area contributed by atoms with Gasteiger partial charge in [-0.1, -0.05) is 46.9 Å². The predicted octanol–water partition coefficient (Wildman–Crippen LogP) is 5.01. The van der Waals surface area contributed by atoms with E-state index < -0.39 is 11.8 Å². The van der Waals surface area contributed by atoms with Gasteiger partial charge >= 0.3 is 5.97 Å². The van der Waals surface area contributed by atoms with Crippen LogP contribution in [0.1, 0.15) is 10.4 Å². The molecule has 0 aliphatic carbocycles. The third-order valence-electron chi connectivity index (χ3n) is 2.27. The standard InChI is InChI=1S/C13H6Cl3FO2/c14-8-5-10(16)12(6-9(8)15)19-13(18)7-3-1-2-4-11(7)17/h1-6H. The van der Waals surface area contributed by atoms with Gasteiger partial charge in [-0.3, -0.25) is 0 Å². The molecule has 0 aromatic heterocycles. The van der Waals surface area contributed by atoms with Crippen molar-refractivity contribution in [3.05, 3.63) is 62.8 Å². The van der Waals surface area contributed by atoms with E-state index in [2.05, 4.69) is 0 Å². The number of esters is 1. The summed E-state index contributed by atoms with van der Waals surface area (Å²) in [4.78, 5) is 11.8. The van der Waals surface area contributed by atoms with Crippen molar-refractivity contribution in [3.63, 3.8) is 0 Å². The third kappa shape index (κ3) is 3.18. The summed E-state index contributed by atoms with van der Waals surface area (Å²) in [5.74, 6) is -1.52. The van der Waals surface area contributed by atoms with E-state index in [9.17, 15) is 9.18 Å². The van der Waals surface area contributed by atoms with Crippen molar-refractivity contribution in [2.75, 3.05) is 0 Å². The minimum Gasteiger partial charge on any atom is -0.421 e. The van der Waals surface area contributed by atoms with Crippen LogP contribution < -0.4 is 4.74 Å². The highest BCUT2D eigenvalue weighted by Gasteiger charge is 2.16. The van der Waals surface area contributed by atoms with E-state index in [1.165, 1.54) is 30.3 Å². The number of carbonyl (C=O) groups excluding carboxylic acids is 1. The SMILES string of the molecule is O=C(Oc1cc(Cl)c(Cl)cc1Cl)c1ccccc1F. The lowest BCUT2D eigenvalue weighted by molar-refractivity contribution is 0.0730. The van der Waals surface area contributed by atoms with Crippen molar-refractivity contribution in [2.45, 2.75) is 0 Å². The fourth-order valence-corrected chi connectivity index (χ4v) is 1.94. The van der Waals surface area contributed by atoms with Gasteiger partial charge in [0.15, 0.2) is 5.75 Å². The lowest BCUT2D eigenvalue weighted by atomic mass is 10.2. The third-order valence-corrected chi connectivity index (χ3v) is 3.29. The van der Waals surface area contributed by atoms with Crippen LogP contribution in [0.15, 0.2) is 36.4 Å². The van der Waals surface area contributed by atoms with E-state index in [4.69, 9.17) is 39.5 Å². The van der Waals surface area contributed by atoms with Crippen LogP contribution in [-0.2, 0) is 0 Å². The normalized spacial score (nSPS) is 10.3. The van der Waals surface area contributed by atoms with Gasteiger partial charge in [-0.05, 0) is 18.2 Å². The summed E-state index contributed by atoms with van der Waals surface area (Å²) in [5, 5.41) is 0.527. The van der Waals surface area contributed by atoms with Gasteiger partial charge in [0.25, 0.3) is 0 Å². The fraction of sp³-hybridized carbons (Fsp3) is 0. The van der Waals surface area contributed by atoms with Crippen molar-refractivity contribution in [3.8, 4) is 5.75 Å².